The van der Waals surface area contributed by atoms with E-state index in [4.69, 9.17) is 28.8 Å². The highest BCUT2D eigenvalue weighted by Crippen LogP contribution is 2.30. The molecule has 6 N–H and O–H groups in total. The third kappa shape index (κ3) is 5.63. The van der Waals surface area contributed by atoms with Crippen LogP contribution in [-0.2, 0) is 33.3 Å². The molecule has 2 saturated heterocycles. The van der Waals surface area contributed by atoms with Crippen LogP contribution in [0.5, 0.6) is 0 Å². The topological polar surface area (TPSA) is 202 Å². The van der Waals surface area contributed by atoms with E-state index in [1.165, 1.54) is 6.92 Å². The van der Waals surface area contributed by atoms with Crippen LogP contribution in [0, 0.1) is 0 Å². The normalized spacial score (nSPS) is 41.9. The summed E-state index contributed by atoms with van der Waals surface area (Å²) >= 11 is 0. The molecule has 0 aliphatic carbocycles. The third-order valence-corrected chi connectivity index (χ3v) is 4.88. The Morgan fingerprint density at radius 2 is 1.53 bits per heavy atom. The van der Waals surface area contributed by atoms with Gasteiger partial charge in [0.05, 0.1) is 12.7 Å². The van der Waals surface area contributed by atoms with E-state index in [0.717, 1.165) is 6.92 Å². The number of carbonyl (C=O) groups excluding carboxylic acids is 2. The maximum absolute atomic E-state index is 11.4. The molecule has 174 valence electrons. The van der Waals surface area contributed by atoms with Crippen LogP contribution in [0.4, 0.5) is 0 Å². The number of hydrogen-bond donors (Lipinski definition) is 6. The van der Waals surface area contributed by atoms with E-state index in [1.807, 2.05) is 0 Å². The van der Waals surface area contributed by atoms with Gasteiger partial charge in [-0.25, -0.2) is 4.79 Å². The Bertz CT molecular complexity index is 586. The number of ether oxygens (including phenoxy) is 5. The Balaban J connectivity index is 2.16. The Kier molecular flexibility index (Phi) is 8.90. The first-order chi connectivity index (χ1) is 14.1. The number of aliphatic hydroxyl groups excluding tert-OH is 6. The van der Waals surface area contributed by atoms with Crippen LogP contribution in [0.1, 0.15) is 13.8 Å². The SMILES string of the molecule is CC(=O)OCC1O[C@@H](O[C@H]2C(O)[C@H](O)C(CO)O[C@H]2C)[C@@H](O)C(O)[C@@H]1OC(=O)CO. The fraction of sp³-hybridized carbons (Fsp3) is 0.882. The van der Waals surface area contributed by atoms with Gasteiger partial charge in [0.1, 0.15) is 55.9 Å². The zero-order valence-electron chi connectivity index (χ0n) is 16.4. The predicted molar refractivity (Wildman–Crippen MR) is 92.6 cm³/mol. The highest BCUT2D eigenvalue weighted by atomic mass is 16.7. The fourth-order valence-electron chi connectivity index (χ4n) is 3.31. The van der Waals surface area contributed by atoms with E-state index < -0.39 is 93.0 Å². The van der Waals surface area contributed by atoms with Crippen molar-refractivity contribution in [2.24, 2.45) is 0 Å². The van der Waals surface area contributed by atoms with Crippen molar-refractivity contribution in [1.29, 1.82) is 0 Å². The van der Waals surface area contributed by atoms with Gasteiger partial charge in [-0.2, -0.15) is 0 Å². The number of esters is 2. The summed E-state index contributed by atoms with van der Waals surface area (Å²) in [4.78, 5) is 22.6. The van der Waals surface area contributed by atoms with Crippen LogP contribution in [0.25, 0.3) is 0 Å². The van der Waals surface area contributed by atoms with Crippen LogP contribution in [0.3, 0.4) is 0 Å². The summed E-state index contributed by atoms with van der Waals surface area (Å²) in [5.74, 6) is -1.79. The van der Waals surface area contributed by atoms with Crippen LogP contribution in [0.15, 0.2) is 0 Å². The summed E-state index contributed by atoms with van der Waals surface area (Å²) in [6.07, 6.45) is -14.0. The molecule has 2 aliphatic rings. The van der Waals surface area contributed by atoms with Gasteiger partial charge in [-0.3, -0.25) is 4.79 Å². The minimum absolute atomic E-state index is 0.475. The molecule has 13 heteroatoms. The van der Waals surface area contributed by atoms with E-state index in [0.29, 0.717) is 0 Å². The van der Waals surface area contributed by atoms with Crippen LogP contribution in [-0.4, -0.2) is 124 Å². The average Bonchev–Trinajstić information content (AvgIpc) is 2.71. The first kappa shape index (κ1) is 24.8. The molecule has 0 saturated carbocycles. The molecule has 2 rings (SSSR count). The highest BCUT2D eigenvalue weighted by Gasteiger charge is 2.51. The summed E-state index contributed by atoms with van der Waals surface area (Å²) in [5, 5.41) is 59.2. The van der Waals surface area contributed by atoms with E-state index in [-0.39, 0.29) is 0 Å². The molecule has 0 aromatic heterocycles. The van der Waals surface area contributed by atoms with E-state index >= 15 is 0 Å². The molecule has 0 aromatic rings. The van der Waals surface area contributed by atoms with Crippen molar-refractivity contribution < 1.29 is 63.9 Å². The minimum atomic E-state index is -1.78. The zero-order valence-corrected chi connectivity index (χ0v) is 16.4. The summed E-state index contributed by atoms with van der Waals surface area (Å²) in [7, 11) is 0. The molecule has 0 spiro atoms. The first-order valence-corrected chi connectivity index (χ1v) is 9.33. The van der Waals surface area contributed by atoms with Crippen molar-refractivity contribution in [3.8, 4) is 0 Å². The van der Waals surface area contributed by atoms with Gasteiger partial charge in [-0.15, -0.1) is 0 Å². The quantitative estimate of drug-likeness (QED) is 0.208. The second kappa shape index (κ2) is 10.7. The lowest BCUT2D eigenvalue weighted by Gasteiger charge is -2.46. The molecule has 0 aromatic carbocycles. The van der Waals surface area contributed by atoms with Gasteiger partial charge in [-0.1, -0.05) is 0 Å². The molecule has 0 bridgehead atoms. The summed E-state index contributed by atoms with van der Waals surface area (Å²) in [5.41, 5.74) is 0. The first-order valence-electron chi connectivity index (χ1n) is 9.33. The van der Waals surface area contributed by atoms with E-state index in [1.54, 1.807) is 0 Å². The van der Waals surface area contributed by atoms with E-state index in [2.05, 4.69) is 0 Å². The number of aliphatic hydroxyl groups is 6. The molecule has 30 heavy (non-hydrogen) atoms. The van der Waals surface area contributed by atoms with Crippen LogP contribution in [0.2, 0.25) is 0 Å². The predicted octanol–water partition coefficient (Wildman–Crippen LogP) is -4.21. The van der Waals surface area contributed by atoms with Crippen LogP contribution >= 0.6 is 0 Å². The van der Waals surface area contributed by atoms with Gasteiger partial charge in [0.2, 0.25) is 0 Å². The molecular weight excluding hydrogens is 412 g/mol. The monoisotopic (exact) mass is 440 g/mol. The molecule has 2 fully saturated rings. The highest BCUT2D eigenvalue weighted by molar-refractivity contribution is 5.70. The number of hydrogen-bond acceptors (Lipinski definition) is 13. The number of rotatable bonds is 7. The van der Waals surface area contributed by atoms with Gasteiger partial charge in [-0.05, 0) is 6.92 Å². The van der Waals surface area contributed by atoms with Crippen LogP contribution < -0.4 is 0 Å². The molecule has 0 amide bonds. The lowest BCUT2D eigenvalue weighted by molar-refractivity contribution is -0.341. The summed E-state index contributed by atoms with van der Waals surface area (Å²) < 4.78 is 26.1. The molecular formula is C17H28O13. The van der Waals surface area contributed by atoms with Crippen molar-refractivity contribution in [3.63, 3.8) is 0 Å². The molecule has 2 aliphatic heterocycles. The van der Waals surface area contributed by atoms with Gasteiger partial charge in [0, 0.05) is 6.92 Å². The van der Waals surface area contributed by atoms with Crippen molar-refractivity contribution in [1.82, 2.24) is 0 Å². The zero-order chi connectivity index (χ0) is 22.6. The van der Waals surface area contributed by atoms with Gasteiger partial charge < -0.3 is 54.3 Å². The largest absolute Gasteiger partial charge is 0.463 e. The second-order valence-electron chi connectivity index (χ2n) is 7.08. The standard InChI is InChI=1S/C17H28O13/c1-6-15(12(23)11(22)8(3-18)27-6)30-17-14(25)13(24)16(29-10(21)4-19)9(28-17)5-26-7(2)20/h6,8-9,11-19,22-25H,3-5H2,1-2H3/t6-,8?,9?,11+,12?,13?,14-,15+,16+,17-/m0/s1. The van der Waals surface area contributed by atoms with Crippen molar-refractivity contribution >= 4 is 11.9 Å². The molecule has 2 heterocycles. The number of carbonyl (C=O) groups is 2. The molecule has 13 nitrogen and oxygen atoms in total. The Morgan fingerprint density at radius 3 is 2.10 bits per heavy atom. The average molecular weight is 440 g/mol. The minimum Gasteiger partial charge on any atom is -0.463 e. The smallest absolute Gasteiger partial charge is 0.332 e. The van der Waals surface area contributed by atoms with Crippen molar-refractivity contribution in [3.05, 3.63) is 0 Å². The van der Waals surface area contributed by atoms with Gasteiger partial charge in [0.15, 0.2) is 12.4 Å². The maximum Gasteiger partial charge on any atom is 0.332 e. The Hall–Kier alpha value is -1.42. The Labute approximate surface area is 171 Å². The second-order valence-corrected chi connectivity index (χ2v) is 7.08. The van der Waals surface area contributed by atoms with Gasteiger partial charge in [0.25, 0.3) is 0 Å². The lowest BCUT2D eigenvalue weighted by Crippen LogP contribution is -2.64. The summed E-state index contributed by atoms with van der Waals surface area (Å²) in [6.45, 7) is 0.603. The van der Waals surface area contributed by atoms with Crippen molar-refractivity contribution in [2.45, 2.75) is 75.1 Å². The van der Waals surface area contributed by atoms with Gasteiger partial charge >= 0.3 is 11.9 Å². The molecule has 4 unspecified atom stereocenters. The molecule has 10 atom stereocenters. The maximum atomic E-state index is 11.4. The Morgan fingerprint density at radius 1 is 0.900 bits per heavy atom. The fourth-order valence-corrected chi connectivity index (χ4v) is 3.31. The lowest BCUT2D eigenvalue weighted by atomic mass is 9.95. The molecule has 0 radical (unpaired) electrons. The van der Waals surface area contributed by atoms with E-state index in [9.17, 15) is 35.1 Å². The third-order valence-electron chi connectivity index (χ3n) is 4.88. The summed E-state index contributed by atoms with van der Waals surface area (Å²) in [6, 6.07) is 0. The van der Waals surface area contributed by atoms with Crippen molar-refractivity contribution in [2.75, 3.05) is 19.8 Å².